The summed E-state index contributed by atoms with van der Waals surface area (Å²) in [5, 5.41) is 14.4. The molecule has 6 nitrogen and oxygen atoms in total. The number of aromatic nitrogens is 1. The molecule has 0 aliphatic rings. The first kappa shape index (κ1) is 11.4. The second-order valence-corrected chi connectivity index (χ2v) is 3.58. The summed E-state index contributed by atoms with van der Waals surface area (Å²) in [5.74, 6) is -1.25. The van der Waals surface area contributed by atoms with E-state index in [0.29, 0.717) is 10.7 Å². The van der Waals surface area contributed by atoms with Crippen molar-refractivity contribution in [1.29, 1.82) is 0 Å². The Morgan fingerprint density at radius 3 is 2.73 bits per heavy atom. The second kappa shape index (κ2) is 4.74. The van der Waals surface area contributed by atoms with E-state index in [2.05, 4.69) is 15.0 Å². The van der Waals surface area contributed by atoms with Gasteiger partial charge in [-0.15, -0.1) is 0 Å². The number of carboxylic acids is 1. The van der Waals surface area contributed by atoms with Crippen molar-refractivity contribution in [2.75, 3.05) is 18.9 Å². The molecular formula is C8H11N3O3S. The van der Waals surface area contributed by atoms with E-state index in [4.69, 9.17) is 5.11 Å². The van der Waals surface area contributed by atoms with E-state index in [1.807, 2.05) is 0 Å². The van der Waals surface area contributed by atoms with Crippen molar-refractivity contribution in [3.05, 3.63) is 11.3 Å². The minimum absolute atomic E-state index is 0.0401. The van der Waals surface area contributed by atoms with Gasteiger partial charge < -0.3 is 15.7 Å². The van der Waals surface area contributed by atoms with E-state index in [1.54, 1.807) is 6.92 Å². The number of aryl methyl sites for hydroxylation is 1. The molecule has 0 bridgehead atoms. The van der Waals surface area contributed by atoms with Crippen LogP contribution in [0.1, 0.15) is 16.1 Å². The third-order valence-electron chi connectivity index (χ3n) is 1.76. The lowest BCUT2D eigenvalue weighted by Gasteiger charge is -2.03. The van der Waals surface area contributed by atoms with Crippen molar-refractivity contribution in [3.8, 4) is 0 Å². The van der Waals surface area contributed by atoms with Gasteiger partial charge in [-0.25, -0.2) is 4.79 Å². The van der Waals surface area contributed by atoms with Gasteiger partial charge in [-0.1, -0.05) is 0 Å². The molecule has 0 aromatic carbocycles. The Hall–Kier alpha value is -1.63. The lowest BCUT2D eigenvalue weighted by molar-refractivity contribution is -0.118. The molecule has 0 aliphatic heterocycles. The van der Waals surface area contributed by atoms with Crippen LogP contribution in [-0.2, 0) is 4.79 Å². The number of carbonyl (C=O) groups is 2. The topological polar surface area (TPSA) is 91.3 Å². The second-order valence-electron chi connectivity index (χ2n) is 2.80. The van der Waals surface area contributed by atoms with Gasteiger partial charge in [-0.05, 0) is 18.5 Å². The van der Waals surface area contributed by atoms with Crippen LogP contribution in [0.25, 0.3) is 0 Å². The van der Waals surface area contributed by atoms with Gasteiger partial charge in [0.25, 0.3) is 0 Å². The van der Waals surface area contributed by atoms with Crippen LogP contribution in [-0.4, -0.2) is 34.9 Å². The van der Waals surface area contributed by atoms with Gasteiger partial charge in [-0.2, -0.15) is 4.37 Å². The van der Waals surface area contributed by atoms with Crippen LogP contribution in [0.3, 0.4) is 0 Å². The zero-order valence-corrected chi connectivity index (χ0v) is 9.14. The van der Waals surface area contributed by atoms with Gasteiger partial charge in [0, 0.05) is 7.05 Å². The summed E-state index contributed by atoms with van der Waals surface area (Å²) in [4.78, 5) is 21.8. The maximum absolute atomic E-state index is 10.9. The molecule has 0 saturated heterocycles. The zero-order valence-electron chi connectivity index (χ0n) is 8.33. The molecular weight excluding hydrogens is 218 g/mol. The lowest BCUT2D eigenvalue weighted by Crippen LogP contribution is -2.26. The van der Waals surface area contributed by atoms with Crippen molar-refractivity contribution in [1.82, 2.24) is 9.69 Å². The Labute approximate surface area is 90.5 Å². The Balaban J connectivity index is 2.77. The lowest BCUT2D eigenvalue weighted by atomic mass is 10.2. The highest BCUT2D eigenvalue weighted by Crippen LogP contribution is 2.23. The Kier molecular flexibility index (Phi) is 3.62. The zero-order chi connectivity index (χ0) is 11.4. The first-order valence-corrected chi connectivity index (χ1v) is 4.97. The van der Waals surface area contributed by atoms with E-state index in [-0.39, 0.29) is 18.0 Å². The Morgan fingerprint density at radius 2 is 2.20 bits per heavy atom. The highest BCUT2D eigenvalue weighted by atomic mass is 32.1. The molecule has 0 aliphatic carbocycles. The van der Waals surface area contributed by atoms with E-state index < -0.39 is 5.97 Å². The number of carbonyl (C=O) groups excluding carboxylic acids is 1. The molecule has 1 amide bonds. The molecule has 1 rings (SSSR count). The molecule has 15 heavy (non-hydrogen) atoms. The molecule has 3 N–H and O–H groups in total. The number of nitrogens with zero attached hydrogens (tertiary/aromatic N) is 1. The van der Waals surface area contributed by atoms with Crippen molar-refractivity contribution in [3.63, 3.8) is 0 Å². The fraction of sp³-hybridized carbons (Fsp3) is 0.375. The predicted octanol–water partition coefficient (Wildman–Crippen LogP) is 0.308. The Morgan fingerprint density at radius 1 is 1.53 bits per heavy atom. The third kappa shape index (κ3) is 2.66. The minimum atomic E-state index is -1.04. The third-order valence-corrected chi connectivity index (χ3v) is 2.66. The summed E-state index contributed by atoms with van der Waals surface area (Å²) in [6.45, 7) is 1.66. The van der Waals surface area contributed by atoms with E-state index >= 15 is 0 Å². The molecule has 0 unspecified atom stereocenters. The van der Waals surface area contributed by atoms with Gasteiger partial charge >= 0.3 is 5.97 Å². The SMILES string of the molecule is CNC(=O)CNc1snc(C)c1C(=O)O. The molecule has 7 heteroatoms. The minimum Gasteiger partial charge on any atom is -0.478 e. The first-order valence-electron chi connectivity index (χ1n) is 4.20. The highest BCUT2D eigenvalue weighted by Gasteiger charge is 2.17. The number of anilines is 1. The van der Waals surface area contributed by atoms with Crippen molar-refractivity contribution < 1.29 is 14.7 Å². The average Bonchev–Trinajstić information content (AvgIpc) is 2.56. The number of amides is 1. The van der Waals surface area contributed by atoms with Crippen LogP contribution in [0.4, 0.5) is 5.00 Å². The summed E-state index contributed by atoms with van der Waals surface area (Å²) in [7, 11) is 1.51. The first-order chi connectivity index (χ1) is 7.06. The number of carboxylic acid groups (broad SMARTS) is 1. The number of nitrogens with one attached hydrogen (secondary N) is 2. The maximum Gasteiger partial charge on any atom is 0.340 e. The fourth-order valence-electron chi connectivity index (χ4n) is 0.991. The van der Waals surface area contributed by atoms with Crippen LogP contribution >= 0.6 is 11.5 Å². The molecule has 1 aromatic heterocycles. The average molecular weight is 229 g/mol. The van der Waals surface area contributed by atoms with Crippen LogP contribution in [0.5, 0.6) is 0 Å². The van der Waals surface area contributed by atoms with Crippen molar-refractivity contribution in [2.24, 2.45) is 0 Å². The highest BCUT2D eigenvalue weighted by molar-refractivity contribution is 7.10. The van der Waals surface area contributed by atoms with Gasteiger partial charge in [-0.3, -0.25) is 4.79 Å². The maximum atomic E-state index is 10.9. The van der Waals surface area contributed by atoms with Crippen molar-refractivity contribution in [2.45, 2.75) is 6.92 Å². The van der Waals surface area contributed by atoms with Crippen LogP contribution in [0, 0.1) is 6.92 Å². The quantitative estimate of drug-likeness (QED) is 0.691. The molecule has 0 radical (unpaired) electrons. The van der Waals surface area contributed by atoms with E-state index in [1.165, 1.54) is 7.05 Å². The van der Waals surface area contributed by atoms with E-state index in [9.17, 15) is 9.59 Å². The van der Waals surface area contributed by atoms with Gasteiger partial charge in [0.15, 0.2) is 0 Å². The smallest absolute Gasteiger partial charge is 0.340 e. The molecule has 1 aromatic rings. The summed E-state index contributed by atoms with van der Waals surface area (Å²) in [6, 6.07) is 0. The number of aromatic carboxylic acids is 1. The number of hydrogen-bond acceptors (Lipinski definition) is 5. The van der Waals surface area contributed by atoms with Crippen LogP contribution < -0.4 is 10.6 Å². The predicted molar refractivity (Wildman–Crippen MR) is 56.4 cm³/mol. The van der Waals surface area contributed by atoms with Crippen LogP contribution in [0.2, 0.25) is 0 Å². The summed E-state index contributed by atoms with van der Waals surface area (Å²) >= 11 is 1.04. The van der Waals surface area contributed by atoms with Crippen LogP contribution in [0.15, 0.2) is 0 Å². The standard InChI is InChI=1S/C8H11N3O3S/c1-4-6(8(13)14)7(15-11-4)10-3-5(12)9-2/h10H,3H2,1-2H3,(H,9,12)(H,13,14). The van der Waals surface area contributed by atoms with Gasteiger partial charge in [0.05, 0.1) is 12.2 Å². The summed E-state index contributed by atoms with van der Waals surface area (Å²) < 4.78 is 3.91. The van der Waals surface area contributed by atoms with E-state index in [0.717, 1.165) is 11.5 Å². The molecule has 82 valence electrons. The largest absolute Gasteiger partial charge is 0.478 e. The molecule has 0 atom stereocenters. The monoisotopic (exact) mass is 229 g/mol. The Bertz CT molecular complexity index is 388. The van der Waals surface area contributed by atoms with Gasteiger partial charge in [0.1, 0.15) is 10.6 Å². The summed E-state index contributed by atoms with van der Waals surface area (Å²) in [6.07, 6.45) is 0. The molecule has 0 saturated carbocycles. The molecule has 0 fully saturated rings. The number of likely N-dealkylation sites (N-methyl/N-ethyl adjacent to an activating group) is 1. The summed E-state index contributed by atoms with van der Waals surface area (Å²) in [5.41, 5.74) is 0.579. The number of rotatable bonds is 4. The molecule has 0 spiro atoms. The number of hydrogen-bond donors (Lipinski definition) is 3. The van der Waals surface area contributed by atoms with Gasteiger partial charge in [0.2, 0.25) is 5.91 Å². The fourth-order valence-corrected chi connectivity index (χ4v) is 1.77. The van der Waals surface area contributed by atoms with Crippen molar-refractivity contribution >= 4 is 28.4 Å². The molecule has 1 heterocycles. The normalized spacial score (nSPS) is 9.73.